The van der Waals surface area contributed by atoms with Crippen molar-refractivity contribution in [3.63, 3.8) is 0 Å². The number of halogens is 1. The van der Waals surface area contributed by atoms with Crippen molar-refractivity contribution in [2.75, 3.05) is 26.2 Å². The van der Waals surface area contributed by atoms with Gasteiger partial charge in [-0.15, -0.1) is 11.3 Å². The van der Waals surface area contributed by atoms with Crippen LogP contribution in [-0.2, 0) is 16.0 Å². The molecule has 0 unspecified atom stereocenters. The Hall–Kier alpha value is -2.41. The molecule has 2 saturated carbocycles. The van der Waals surface area contributed by atoms with Crippen molar-refractivity contribution in [1.82, 2.24) is 9.80 Å². The summed E-state index contributed by atoms with van der Waals surface area (Å²) in [4.78, 5) is 31.7. The lowest BCUT2D eigenvalue weighted by molar-refractivity contribution is -0.145. The molecule has 5 rings (SSSR count). The van der Waals surface area contributed by atoms with Gasteiger partial charge in [0.1, 0.15) is 6.61 Å². The second-order valence-corrected chi connectivity index (χ2v) is 10.5. The molecule has 0 spiro atoms. The molecule has 0 N–H and O–H groups in total. The van der Waals surface area contributed by atoms with Gasteiger partial charge in [-0.2, -0.15) is 0 Å². The number of hydrogen-bond donors (Lipinski definition) is 0. The summed E-state index contributed by atoms with van der Waals surface area (Å²) in [6.45, 7) is 1.60. The monoisotopic (exact) mass is 470 g/mol. The fourth-order valence-electron chi connectivity index (χ4n) is 5.13. The Labute approximate surface area is 198 Å². The Morgan fingerprint density at radius 1 is 1.12 bits per heavy atom. The number of carbonyl (C=O) groups excluding carboxylic acids is 2. The van der Waals surface area contributed by atoms with Crippen LogP contribution in [0.1, 0.15) is 55.0 Å². The maximum atomic E-state index is 14.1. The maximum absolute atomic E-state index is 14.1. The molecule has 2 amide bonds. The molecule has 2 fully saturated rings. The van der Waals surface area contributed by atoms with Crippen LogP contribution in [0.25, 0.3) is 0 Å². The third-order valence-electron chi connectivity index (χ3n) is 7.17. The van der Waals surface area contributed by atoms with Gasteiger partial charge in [0.05, 0.1) is 12.6 Å². The van der Waals surface area contributed by atoms with Crippen molar-refractivity contribution in [3.05, 3.63) is 52.0 Å². The summed E-state index contributed by atoms with van der Waals surface area (Å²) < 4.78 is 20.0. The average Bonchev–Trinajstić information content (AvgIpc) is 3.26. The second-order valence-electron chi connectivity index (χ2n) is 9.54. The lowest BCUT2D eigenvalue weighted by Gasteiger charge is -2.37. The highest BCUT2D eigenvalue weighted by Crippen LogP contribution is 2.35. The number of para-hydroxylation sites is 1. The van der Waals surface area contributed by atoms with E-state index < -0.39 is 5.82 Å². The molecule has 1 aromatic carbocycles. The van der Waals surface area contributed by atoms with Crippen LogP contribution in [0.2, 0.25) is 0 Å². The van der Waals surface area contributed by atoms with Gasteiger partial charge < -0.3 is 14.5 Å². The van der Waals surface area contributed by atoms with Gasteiger partial charge >= 0.3 is 0 Å². The molecule has 7 heteroatoms. The first-order valence-electron chi connectivity index (χ1n) is 12.1. The van der Waals surface area contributed by atoms with Gasteiger partial charge in [-0.25, -0.2) is 4.39 Å². The highest BCUT2D eigenvalue weighted by atomic mass is 32.1. The fourth-order valence-corrected chi connectivity index (χ4v) is 6.06. The van der Waals surface area contributed by atoms with E-state index in [4.69, 9.17) is 4.74 Å². The van der Waals surface area contributed by atoms with Crippen molar-refractivity contribution < 1.29 is 18.7 Å². The minimum Gasteiger partial charge on any atom is -0.488 e. The SMILES string of the molecule is O=C(C1CCCC1)N(CC(=O)N1CCc2sccc2[C@@H]1COc1ccccc1F)CC1CC1. The summed E-state index contributed by atoms with van der Waals surface area (Å²) in [7, 11) is 0. The molecule has 3 aliphatic rings. The normalized spacial score (nSPS) is 20.5. The number of carbonyl (C=O) groups is 2. The number of fused-ring (bicyclic) bond motifs is 1. The van der Waals surface area contributed by atoms with Gasteiger partial charge in [0, 0.05) is 23.9 Å². The highest BCUT2D eigenvalue weighted by Gasteiger charge is 2.37. The Morgan fingerprint density at radius 3 is 2.67 bits per heavy atom. The van der Waals surface area contributed by atoms with Crippen LogP contribution in [0.3, 0.4) is 0 Å². The lowest BCUT2D eigenvalue weighted by Crippen LogP contribution is -2.49. The van der Waals surface area contributed by atoms with Crippen molar-refractivity contribution in [2.24, 2.45) is 11.8 Å². The van der Waals surface area contributed by atoms with Gasteiger partial charge in [-0.3, -0.25) is 9.59 Å². The van der Waals surface area contributed by atoms with E-state index in [0.29, 0.717) is 19.0 Å². The molecule has 2 heterocycles. The quantitative estimate of drug-likeness (QED) is 0.556. The van der Waals surface area contributed by atoms with Gasteiger partial charge in [0.25, 0.3) is 0 Å². The van der Waals surface area contributed by atoms with Crippen LogP contribution in [0.15, 0.2) is 35.7 Å². The number of rotatable bonds is 8. The number of benzene rings is 1. The first-order valence-corrected chi connectivity index (χ1v) is 13.0. The van der Waals surface area contributed by atoms with E-state index in [1.165, 1.54) is 10.9 Å². The third kappa shape index (κ3) is 5.08. The topological polar surface area (TPSA) is 49.9 Å². The number of nitrogens with zero attached hydrogens (tertiary/aromatic N) is 2. The molecule has 2 aliphatic carbocycles. The molecular weight excluding hydrogens is 439 g/mol. The van der Waals surface area contributed by atoms with Crippen molar-refractivity contribution >= 4 is 23.2 Å². The average molecular weight is 471 g/mol. The molecule has 1 aromatic heterocycles. The summed E-state index contributed by atoms with van der Waals surface area (Å²) in [5.74, 6) is 0.504. The molecule has 1 atom stereocenters. The Bertz CT molecular complexity index is 999. The summed E-state index contributed by atoms with van der Waals surface area (Å²) in [6.07, 6.45) is 7.17. The maximum Gasteiger partial charge on any atom is 0.242 e. The van der Waals surface area contributed by atoms with Crippen molar-refractivity contribution in [2.45, 2.75) is 51.0 Å². The summed E-state index contributed by atoms with van der Waals surface area (Å²) in [5, 5.41) is 2.04. The zero-order valence-electron chi connectivity index (χ0n) is 18.9. The summed E-state index contributed by atoms with van der Waals surface area (Å²) >= 11 is 1.69. The fraction of sp³-hybridized carbons (Fsp3) is 0.538. The Balaban J connectivity index is 1.32. The van der Waals surface area contributed by atoms with E-state index >= 15 is 0 Å². The van der Waals surface area contributed by atoms with Crippen LogP contribution in [-0.4, -0.2) is 47.9 Å². The Kier molecular flexibility index (Phi) is 6.67. The predicted molar refractivity (Wildman–Crippen MR) is 126 cm³/mol. The van der Waals surface area contributed by atoms with Crippen LogP contribution >= 0.6 is 11.3 Å². The first kappa shape index (κ1) is 22.4. The van der Waals surface area contributed by atoms with E-state index in [0.717, 1.165) is 50.5 Å². The number of ether oxygens (including phenoxy) is 1. The number of thiophene rings is 1. The highest BCUT2D eigenvalue weighted by molar-refractivity contribution is 7.10. The van der Waals surface area contributed by atoms with Crippen LogP contribution < -0.4 is 4.74 Å². The van der Waals surface area contributed by atoms with Gasteiger partial charge in [-0.1, -0.05) is 25.0 Å². The molecule has 0 bridgehead atoms. The van der Waals surface area contributed by atoms with E-state index in [1.54, 1.807) is 29.5 Å². The van der Waals surface area contributed by atoms with E-state index in [1.807, 2.05) is 21.2 Å². The van der Waals surface area contributed by atoms with Crippen LogP contribution in [0, 0.1) is 17.7 Å². The third-order valence-corrected chi connectivity index (χ3v) is 8.16. The zero-order chi connectivity index (χ0) is 22.8. The first-order chi connectivity index (χ1) is 16.1. The zero-order valence-corrected chi connectivity index (χ0v) is 19.7. The largest absolute Gasteiger partial charge is 0.488 e. The molecule has 0 saturated heterocycles. The predicted octanol–water partition coefficient (Wildman–Crippen LogP) is 4.82. The van der Waals surface area contributed by atoms with Gasteiger partial charge in [0.15, 0.2) is 11.6 Å². The lowest BCUT2D eigenvalue weighted by atomic mass is 10.00. The standard InChI is InChI=1S/C26H31FN2O3S/c27-21-7-3-4-8-23(21)32-17-22-20-12-14-33-24(20)11-13-29(22)25(30)16-28(15-18-9-10-18)26(31)19-5-1-2-6-19/h3-4,7-8,12,14,18-19,22H,1-2,5-6,9-11,13,15-17H2/t22-/m0/s1. The molecule has 1 aliphatic heterocycles. The minimum atomic E-state index is -0.408. The minimum absolute atomic E-state index is 0.0408. The van der Waals surface area contributed by atoms with Gasteiger partial charge in [0.2, 0.25) is 11.8 Å². The van der Waals surface area contributed by atoms with Crippen LogP contribution in [0.4, 0.5) is 4.39 Å². The van der Waals surface area contributed by atoms with E-state index in [2.05, 4.69) is 0 Å². The molecule has 5 nitrogen and oxygen atoms in total. The smallest absolute Gasteiger partial charge is 0.242 e. The summed E-state index contributed by atoms with van der Waals surface area (Å²) in [5.41, 5.74) is 1.08. The number of hydrogen-bond acceptors (Lipinski definition) is 4. The number of amides is 2. The molecular formula is C26H31FN2O3S. The van der Waals surface area contributed by atoms with Crippen molar-refractivity contribution in [1.29, 1.82) is 0 Å². The Morgan fingerprint density at radius 2 is 1.91 bits per heavy atom. The molecule has 33 heavy (non-hydrogen) atoms. The van der Waals surface area contributed by atoms with Crippen LogP contribution in [0.5, 0.6) is 5.75 Å². The van der Waals surface area contributed by atoms with Gasteiger partial charge in [-0.05, 0) is 67.2 Å². The molecule has 2 aromatic rings. The van der Waals surface area contributed by atoms with Crippen molar-refractivity contribution in [3.8, 4) is 5.75 Å². The van der Waals surface area contributed by atoms with E-state index in [-0.39, 0.29) is 42.7 Å². The summed E-state index contributed by atoms with van der Waals surface area (Å²) in [6, 6.07) is 8.11. The molecule has 176 valence electrons. The van der Waals surface area contributed by atoms with E-state index in [9.17, 15) is 14.0 Å². The second kappa shape index (κ2) is 9.84. The molecule has 0 radical (unpaired) electrons.